The van der Waals surface area contributed by atoms with E-state index in [4.69, 9.17) is 10.3 Å². The van der Waals surface area contributed by atoms with Crippen molar-refractivity contribution in [1.82, 2.24) is 30.7 Å². The number of rotatable bonds is 9. The number of imidazole rings is 1. The van der Waals surface area contributed by atoms with E-state index in [1.807, 2.05) is 0 Å². The van der Waals surface area contributed by atoms with E-state index in [0.29, 0.717) is 11.3 Å². The molecule has 11 nitrogen and oxygen atoms in total. The molecule has 0 spiro atoms. The second-order valence-electron chi connectivity index (χ2n) is 6.14. The van der Waals surface area contributed by atoms with Crippen LogP contribution in [-0.2, 0) is 24.2 Å². The molecule has 3 aromatic rings. The van der Waals surface area contributed by atoms with Gasteiger partial charge >= 0.3 is 12.0 Å². The van der Waals surface area contributed by atoms with Crippen LogP contribution in [0.15, 0.2) is 35.2 Å². The Hall–Kier alpha value is -3.91. The largest absolute Gasteiger partial charge is 0.480 e. The normalized spacial score (nSPS) is 12.6. The zero-order chi connectivity index (χ0) is 20.6. The second-order valence-corrected chi connectivity index (χ2v) is 6.14. The molecule has 2 aromatic heterocycles. The van der Waals surface area contributed by atoms with E-state index >= 15 is 0 Å². The number of amides is 2. The number of aromatic nitrogens is 4. The summed E-state index contributed by atoms with van der Waals surface area (Å²) >= 11 is 0. The van der Waals surface area contributed by atoms with Crippen molar-refractivity contribution in [1.29, 1.82) is 0 Å². The minimum absolute atomic E-state index is 0.0824. The maximum atomic E-state index is 12.5. The van der Waals surface area contributed by atoms with Crippen LogP contribution in [0.4, 0.5) is 4.79 Å². The Kier molecular flexibility index (Phi) is 6.39. The van der Waals surface area contributed by atoms with Gasteiger partial charge in [-0.3, -0.25) is 0 Å². The number of nitrogens with two attached hydrogens (primary N) is 1. The molecule has 11 heteroatoms. The first-order chi connectivity index (χ1) is 14.0. The number of hydrogen-bond acceptors (Lipinski definition) is 7. The summed E-state index contributed by atoms with van der Waals surface area (Å²) in [7, 11) is 0. The zero-order valence-electron chi connectivity index (χ0n) is 15.3. The Bertz CT molecular complexity index is 927. The lowest BCUT2D eigenvalue weighted by atomic mass is 10.1. The number of nitrogens with zero attached hydrogens (tertiary/aromatic N) is 3. The van der Waals surface area contributed by atoms with Crippen LogP contribution in [0, 0.1) is 12.1 Å². The van der Waals surface area contributed by atoms with Crippen molar-refractivity contribution in [2.75, 3.05) is 0 Å². The molecule has 0 unspecified atom stereocenters. The summed E-state index contributed by atoms with van der Waals surface area (Å²) in [6, 6.07) is 7.89. The van der Waals surface area contributed by atoms with Gasteiger partial charge in [-0.1, -0.05) is 17.3 Å². The first-order valence-electron chi connectivity index (χ1n) is 8.71. The van der Waals surface area contributed by atoms with Gasteiger partial charge in [-0.15, -0.1) is 0 Å². The van der Waals surface area contributed by atoms with Gasteiger partial charge in [0.15, 0.2) is 5.82 Å². The summed E-state index contributed by atoms with van der Waals surface area (Å²) < 4.78 is 5.17. The Labute approximate surface area is 165 Å². The first-order valence-corrected chi connectivity index (χ1v) is 8.71. The quantitative estimate of drug-likeness (QED) is 0.339. The lowest BCUT2D eigenvalue weighted by Gasteiger charge is -2.18. The molecular weight excluding hydrogens is 378 g/mol. The molecule has 2 atom stereocenters. The lowest BCUT2D eigenvalue weighted by Crippen LogP contribution is -2.48. The van der Waals surface area contributed by atoms with Crippen molar-refractivity contribution in [2.45, 2.75) is 31.5 Å². The number of aromatic amines is 1. The molecule has 0 radical (unpaired) electrons. The number of carbonyl (C=O) groups is 2. The first kappa shape index (κ1) is 19.8. The lowest BCUT2D eigenvalue weighted by molar-refractivity contribution is -0.139. The van der Waals surface area contributed by atoms with Crippen molar-refractivity contribution in [3.05, 3.63) is 65.8 Å². The van der Waals surface area contributed by atoms with Crippen LogP contribution in [0.25, 0.3) is 0 Å². The number of carboxylic acids is 1. The van der Waals surface area contributed by atoms with Crippen LogP contribution >= 0.6 is 0 Å². The summed E-state index contributed by atoms with van der Waals surface area (Å²) in [4.78, 5) is 35.1. The molecule has 29 heavy (non-hydrogen) atoms. The van der Waals surface area contributed by atoms with Crippen molar-refractivity contribution in [3.8, 4) is 0 Å². The van der Waals surface area contributed by atoms with Gasteiger partial charge in [-0.2, -0.15) is 4.98 Å². The Morgan fingerprint density at radius 2 is 2.17 bits per heavy atom. The Morgan fingerprint density at radius 1 is 1.31 bits per heavy atom. The van der Waals surface area contributed by atoms with Gasteiger partial charge in [-0.05, 0) is 23.8 Å². The van der Waals surface area contributed by atoms with Crippen molar-refractivity contribution >= 4 is 12.0 Å². The standard InChI is InChI=1S/C18H19N7O4/c19-8-15-24-16(29-25-15)13(7-12-9-20-10-21-12)22-18(28)23-14(17(26)27)6-11-4-2-1-3-5-11/h2,4-5,9-10,13-14H,6-8,19H2,(H,20,21)(H,26,27)(H2,22,23,28)/t13-,14-/m0/s1. The molecule has 0 aliphatic heterocycles. The predicted molar refractivity (Wildman–Crippen MR) is 98.1 cm³/mol. The maximum absolute atomic E-state index is 12.5. The van der Waals surface area contributed by atoms with Crippen molar-refractivity contribution < 1.29 is 19.2 Å². The highest BCUT2D eigenvalue weighted by Crippen LogP contribution is 2.16. The van der Waals surface area contributed by atoms with Crippen molar-refractivity contribution in [2.24, 2.45) is 5.73 Å². The van der Waals surface area contributed by atoms with E-state index in [-0.39, 0.29) is 31.1 Å². The number of nitrogens with one attached hydrogen (secondary N) is 3. The third kappa shape index (κ3) is 5.53. The second kappa shape index (κ2) is 9.34. The van der Waals surface area contributed by atoms with Gasteiger partial charge in [0, 0.05) is 24.7 Å². The summed E-state index contributed by atoms with van der Waals surface area (Å²) in [5.41, 5.74) is 6.92. The minimum atomic E-state index is -1.17. The number of hydrogen-bond donors (Lipinski definition) is 5. The molecule has 0 bridgehead atoms. The Balaban J connectivity index is 1.69. The van der Waals surface area contributed by atoms with E-state index in [9.17, 15) is 14.7 Å². The summed E-state index contributed by atoms with van der Waals surface area (Å²) in [6.45, 7) is 0.0824. The molecule has 0 aliphatic rings. The highest BCUT2D eigenvalue weighted by Gasteiger charge is 2.25. The van der Waals surface area contributed by atoms with Crippen LogP contribution in [0.3, 0.4) is 0 Å². The molecule has 2 amide bonds. The number of H-pyrrole nitrogens is 1. The van der Waals surface area contributed by atoms with Crippen LogP contribution < -0.4 is 16.4 Å². The number of carbonyl (C=O) groups excluding carboxylic acids is 1. The topological polar surface area (TPSA) is 172 Å². The number of urea groups is 1. The molecule has 0 saturated heterocycles. The molecule has 1 aromatic carbocycles. The molecule has 6 N–H and O–H groups in total. The number of carboxylic acid groups (broad SMARTS) is 1. The average Bonchev–Trinajstić information content (AvgIpc) is 3.39. The fraction of sp³-hybridized carbons (Fsp3) is 0.278. The van der Waals surface area contributed by atoms with Crippen molar-refractivity contribution in [3.63, 3.8) is 0 Å². The van der Waals surface area contributed by atoms with E-state index in [0.717, 1.165) is 0 Å². The smallest absolute Gasteiger partial charge is 0.326 e. The van der Waals surface area contributed by atoms with Gasteiger partial charge < -0.3 is 31.0 Å². The third-order valence-electron chi connectivity index (χ3n) is 4.01. The maximum Gasteiger partial charge on any atom is 0.326 e. The number of aliphatic carboxylic acids is 1. The molecule has 0 fully saturated rings. The van der Waals surface area contributed by atoms with Gasteiger partial charge in [0.2, 0.25) is 5.89 Å². The molecule has 150 valence electrons. The Morgan fingerprint density at radius 3 is 2.79 bits per heavy atom. The molecule has 0 aliphatic carbocycles. The highest BCUT2D eigenvalue weighted by atomic mass is 16.5. The van der Waals surface area contributed by atoms with Crippen LogP contribution in [0.1, 0.15) is 29.0 Å². The molecule has 2 heterocycles. The van der Waals surface area contributed by atoms with Crippen LogP contribution in [0.5, 0.6) is 0 Å². The van der Waals surface area contributed by atoms with Gasteiger partial charge in [0.25, 0.3) is 0 Å². The monoisotopic (exact) mass is 397 g/mol. The molecule has 0 saturated carbocycles. The van der Waals surface area contributed by atoms with E-state index < -0.39 is 24.1 Å². The van der Waals surface area contributed by atoms with Crippen LogP contribution in [0.2, 0.25) is 0 Å². The summed E-state index contributed by atoms with van der Waals surface area (Å²) in [5, 5.41) is 18.3. The predicted octanol–water partition coefficient (Wildman–Crippen LogP) is 0.131. The summed E-state index contributed by atoms with van der Waals surface area (Å²) in [6.07, 6.45) is 3.47. The fourth-order valence-electron chi connectivity index (χ4n) is 2.61. The SMILES string of the molecule is NCc1noc([C@H](Cc2cnc[nH]2)NC(=O)N[C@@H](Cc2cc#ccc2)C(=O)O)n1. The fourth-order valence-corrected chi connectivity index (χ4v) is 2.61. The zero-order valence-corrected chi connectivity index (χ0v) is 15.3. The van der Waals surface area contributed by atoms with E-state index in [2.05, 4.69) is 42.9 Å². The van der Waals surface area contributed by atoms with Gasteiger partial charge in [-0.25, -0.2) is 14.6 Å². The third-order valence-corrected chi connectivity index (χ3v) is 4.01. The van der Waals surface area contributed by atoms with Gasteiger partial charge in [0.1, 0.15) is 12.1 Å². The minimum Gasteiger partial charge on any atom is -0.480 e. The highest BCUT2D eigenvalue weighted by molar-refractivity contribution is 5.82. The molecule has 3 rings (SSSR count). The van der Waals surface area contributed by atoms with Crippen LogP contribution in [-0.4, -0.2) is 43.3 Å². The average molecular weight is 397 g/mol. The van der Waals surface area contributed by atoms with E-state index in [1.54, 1.807) is 24.4 Å². The molecular formula is C18H19N7O4. The van der Waals surface area contributed by atoms with Gasteiger partial charge in [0.05, 0.1) is 12.9 Å². The summed E-state index contributed by atoms with van der Waals surface area (Å²) in [5.74, 6) is -0.728. The van der Waals surface area contributed by atoms with E-state index in [1.165, 1.54) is 6.33 Å².